The zero-order valence-electron chi connectivity index (χ0n) is 3.50. The Balaban J connectivity index is 0.000000490. The van der Waals surface area contributed by atoms with Gasteiger partial charge in [-0.1, -0.05) is 0 Å². The van der Waals surface area contributed by atoms with Crippen LogP contribution in [0.15, 0.2) is 18.5 Å². The third-order valence-corrected chi connectivity index (χ3v) is 0.729. The van der Waals surface area contributed by atoms with Crippen LogP contribution < -0.4 is 0 Å². The quantitative estimate of drug-likeness (QED) is 0.402. The average Bonchev–Trinajstić information content (AvgIpc) is 1.69. The van der Waals surface area contributed by atoms with Crippen LogP contribution in [-0.4, -0.2) is 61.4 Å². The molecule has 0 N–H and O–H groups in total. The first-order valence-corrected chi connectivity index (χ1v) is 2.20. The topological polar surface area (TPSA) is 25.8 Å². The fraction of sp³-hybridized carbons (Fsp3) is 0. The van der Waals surface area contributed by atoms with Crippen LogP contribution >= 0.6 is 11.6 Å². The van der Waals surface area contributed by atoms with Gasteiger partial charge in [-0.05, 0) is 17.7 Å². The van der Waals surface area contributed by atoms with E-state index in [0.29, 0.717) is 5.28 Å². The molecule has 0 radical (unpaired) electrons. The zero-order valence-corrected chi connectivity index (χ0v) is 4.26. The van der Waals surface area contributed by atoms with E-state index in [-0.39, 0.29) is 51.4 Å². The summed E-state index contributed by atoms with van der Waals surface area (Å²) < 4.78 is 0. The second-order valence-corrected chi connectivity index (χ2v) is 1.36. The number of rotatable bonds is 0. The first-order chi connectivity index (χ1) is 3.39. The van der Waals surface area contributed by atoms with Crippen molar-refractivity contribution >= 4 is 63.0 Å². The number of halogens is 1. The molecule has 1 rings (SSSR count). The molecule has 1 aromatic heterocycles. The molecule has 0 aromatic carbocycles. The Morgan fingerprint density at radius 1 is 1.25 bits per heavy atom. The van der Waals surface area contributed by atoms with Gasteiger partial charge in [0, 0.05) is 12.4 Å². The van der Waals surface area contributed by atoms with Gasteiger partial charge in [0.1, 0.15) is 0 Å². The summed E-state index contributed by atoms with van der Waals surface area (Å²) in [5, 5.41) is 0.294. The molecule has 0 fully saturated rings. The molecule has 0 atom stereocenters. The van der Waals surface area contributed by atoms with Gasteiger partial charge in [-0.2, -0.15) is 0 Å². The molecule has 0 bridgehead atoms. The number of hydrogen-bond acceptors (Lipinski definition) is 2. The molecule has 0 aliphatic heterocycles. The molecular weight excluding hydrogens is 151 g/mol. The van der Waals surface area contributed by atoms with Crippen molar-refractivity contribution in [2.45, 2.75) is 0 Å². The summed E-state index contributed by atoms with van der Waals surface area (Å²) in [6.07, 6.45) is 3.19. The number of hydrogen-bond donors (Lipinski definition) is 0. The van der Waals surface area contributed by atoms with E-state index in [4.69, 9.17) is 11.6 Å². The van der Waals surface area contributed by atoms with E-state index in [9.17, 15) is 0 Å². The molecule has 8 heavy (non-hydrogen) atoms. The van der Waals surface area contributed by atoms with Crippen molar-refractivity contribution in [3.63, 3.8) is 0 Å². The van der Waals surface area contributed by atoms with E-state index in [1.165, 1.54) is 0 Å². The van der Waals surface area contributed by atoms with E-state index >= 15 is 0 Å². The van der Waals surface area contributed by atoms with Crippen molar-refractivity contribution in [1.29, 1.82) is 0 Å². The third kappa shape index (κ3) is 3.12. The van der Waals surface area contributed by atoms with Crippen LogP contribution in [0.25, 0.3) is 0 Å². The summed E-state index contributed by atoms with van der Waals surface area (Å²) in [6.45, 7) is 0. The molecule has 0 unspecified atom stereocenters. The van der Waals surface area contributed by atoms with Gasteiger partial charge in [-0.25, -0.2) is 9.97 Å². The summed E-state index contributed by atoms with van der Waals surface area (Å²) in [7, 11) is 0. The van der Waals surface area contributed by atoms with Gasteiger partial charge in [0.05, 0.1) is 0 Å². The summed E-state index contributed by atoms with van der Waals surface area (Å²) in [4.78, 5) is 7.27. The molecule has 0 spiro atoms. The van der Waals surface area contributed by atoms with Crippen LogP contribution in [0.5, 0.6) is 0 Å². The third-order valence-electron chi connectivity index (χ3n) is 0.534. The van der Waals surface area contributed by atoms with Crippen LogP contribution in [0, 0.1) is 0 Å². The minimum atomic E-state index is 0. The van der Waals surface area contributed by atoms with E-state index < -0.39 is 0 Å². The fourth-order valence-electron chi connectivity index (χ4n) is 0.281. The molecule has 0 aliphatic rings. The van der Waals surface area contributed by atoms with Crippen LogP contribution in [0.2, 0.25) is 5.28 Å². The molecule has 0 amide bonds. The van der Waals surface area contributed by atoms with Gasteiger partial charge in [-0.15, -0.1) is 0 Å². The monoisotopic (exact) mass is 154 g/mol. The summed E-state index contributed by atoms with van der Waals surface area (Å²) in [6, 6.07) is 1.71. The van der Waals surface area contributed by atoms with E-state index in [0.717, 1.165) is 0 Å². The van der Waals surface area contributed by atoms with Crippen LogP contribution in [-0.2, 0) is 0 Å². The van der Waals surface area contributed by atoms with Crippen LogP contribution in [0.4, 0.5) is 0 Å². The minimum absolute atomic E-state index is 0. The maximum atomic E-state index is 5.32. The van der Waals surface area contributed by atoms with Gasteiger partial charge in [0.2, 0.25) is 5.28 Å². The van der Waals surface area contributed by atoms with Crippen molar-refractivity contribution in [3.05, 3.63) is 23.7 Å². The Morgan fingerprint density at radius 3 is 2.00 bits per heavy atom. The van der Waals surface area contributed by atoms with E-state index in [2.05, 4.69) is 9.97 Å². The van der Waals surface area contributed by atoms with Crippen LogP contribution in [0.3, 0.4) is 0 Å². The second-order valence-electron chi connectivity index (χ2n) is 1.02. The fourth-order valence-corrected chi connectivity index (χ4v) is 0.394. The first kappa shape index (κ1) is 9.01. The molecule has 4 heteroatoms. The van der Waals surface area contributed by atoms with E-state index in [1.807, 2.05) is 0 Å². The Bertz CT molecular complexity index is 144. The van der Waals surface area contributed by atoms with Crippen molar-refractivity contribution in [1.82, 2.24) is 9.97 Å². The molecule has 0 saturated carbocycles. The van der Waals surface area contributed by atoms with Gasteiger partial charge < -0.3 is 0 Å². The van der Waals surface area contributed by atoms with Gasteiger partial charge in [0.15, 0.2) is 0 Å². The number of aromatic nitrogens is 2. The molecule has 1 heterocycles. The molecule has 0 saturated heterocycles. The predicted molar refractivity (Wildman–Crippen MR) is 34.2 cm³/mol. The molecule has 1 aromatic rings. The summed E-state index contributed by atoms with van der Waals surface area (Å²) in [5.41, 5.74) is 0. The Hall–Kier alpha value is 1.01. The molecular formula is C4H4ClKN2. The Morgan fingerprint density at radius 2 is 1.75 bits per heavy atom. The van der Waals surface area contributed by atoms with Crippen molar-refractivity contribution in [2.75, 3.05) is 0 Å². The normalized spacial score (nSPS) is 7.62. The Kier molecular flexibility index (Phi) is 5.45. The van der Waals surface area contributed by atoms with Crippen LogP contribution in [0.1, 0.15) is 0 Å². The van der Waals surface area contributed by atoms with E-state index in [1.54, 1.807) is 18.5 Å². The van der Waals surface area contributed by atoms with Crippen molar-refractivity contribution in [3.8, 4) is 0 Å². The van der Waals surface area contributed by atoms with Gasteiger partial charge in [0.25, 0.3) is 0 Å². The first-order valence-electron chi connectivity index (χ1n) is 1.82. The summed E-state index contributed by atoms with van der Waals surface area (Å²) in [5.74, 6) is 0. The average molecular weight is 155 g/mol. The van der Waals surface area contributed by atoms with Crippen molar-refractivity contribution in [2.24, 2.45) is 0 Å². The van der Waals surface area contributed by atoms with Gasteiger partial charge in [-0.3, -0.25) is 0 Å². The SMILES string of the molecule is Clc1ncccn1.[KH]. The number of nitrogens with zero attached hydrogens (tertiary/aromatic N) is 2. The predicted octanol–water partition coefficient (Wildman–Crippen LogP) is 0.481. The second kappa shape index (κ2) is 4.85. The van der Waals surface area contributed by atoms with Crippen molar-refractivity contribution < 1.29 is 0 Å². The van der Waals surface area contributed by atoms with Gasteiger partial charge >= 0.3 is 51.4 Å². The summed E-state index contributed by atoms with van der Waals surface area (Å²) >= 11 is 5.32. The molecule has 2 nitrogen and oxygen atoms in total. The standard InChI is InChI=1S/C4H3ClN2.K.H/c5-4-6-2-1-3-7-4;;/h1-3H;;. The zero-order chi connectivity index (χ0) is 5.11. The molecule has 0 aliphatic carbocycles. The molecule has 38 valence electrons. The Labute approximate surface area is 95.1 Å². The maximum absolute atomic E-state index is 5.32.